The van der Waals surface area contributed by atoms with Crippen LogP contribution in [0.15, 0.2) is 29.3 Å². The monoisotopic (exact) mass is 389 g/mol. The van der Waals surface area contributed by atoms with Crippen LogP contribution < -0.4 is 20.7 Å². The van der Waals surface area contributed by atoms with E-state index in [9.17, 15) is 4.79 Å². The predicted octanol–water partition coefficient (Wildman–Crippen LogP) is 1.79. The maximum absolute atomic E-state index is 12.0. The van der Waals surface area contributed by atoms with Gasteiger partial charge in [0.2, 0.25) is 5.91 Å². The Balaban J connectivity index is 1.67. The first kappa shape index (κ1) is 20.7. The standard InChI is InChI=1S/C19H27N5O2S/c1-13-14(2)27-18(24-13)9-10-21-19(20-3)23-12-17(25)22-11-15-5-7-16(26-4)8-6-15/h5-8H,9-12H2,1-4H3,(H,22,25)(H2,20,21,23). The third kappa shape index (κ3) is 6.90. The number of methoxy groups -OCH3 is 1. The van der Waals surface area contributed by atoms with Gasteiger partial charge in [0.1, 0.15) is 5.75 Å². The molecule has 2 rings (SSSR count). The molecule has 1 heterocycles. The van der Waals surface area contributed by atoms with Crippen molar-refractivity contribution in [1.29, 1.82) is 0 Å². The summed E-state index contributed by atoms with van der Waals surface area (Å²) in [6.07, 6.45) is 0.823. The summed E-state index contributed by atoms with van der Waals surface area (Å²) in [4.78, 5) is 21.9. The van der Waals surface area contributed by atoms with E-state index in [1.54, 1.807) is 25.5 Å². The highest BCUT2D eigenvalue weighted by molar-refractivity contribution is 7.11. The molecule has 27 heavy (non-hydrogen) atoms. The highest BCUT2D eigenvalue weighted by Gasteiger charge is 2.06. The number of amides is 1. The lowest BCUT2D eigenvalue weighted by Crippen LogP contribution is -2.43. The second-order valence-corrected chi connectivity index (χ2v) is 7.26. The third-order valence-electron chi connectivity index (χ3n) is 3.99. The Labute approximate surface area is 164 Å². The fourth-order valence-corrected chi connectivity index (χ4v) is 3.26. The normalized spacial score (nSPS) is 11.2. The number of aliphatic imine (C=N–C) groups is 1. The molecule has 146 valence electrons. The molecule has 0 aliphatic carbocycles. The van der Waals surface area contributed by atoms with Crippen molar-refractivity contribution in [2.24, 2.45) is 4.99 Å². The molecule has 0 saturated carbocycles. The number of rotatable bonds is 8. The predicted molar refractivity (Wildman–Crippen MR) is 109 cm³/mol. The number of aryl methyl sites for hydroxylation is 2. The Morgan fingerprint density at radius 2 is 1.93 bits per heavy atom. The minimum Gasteiger partial charge on any atom is -0.497 e. The first-order valence-electron chi connectivity index (χ1n) is 8.79. The highest BCUT2D eigenvalue weighted by Crippen LogP contribution is 2.16. The number of benzene rings is 1. The summed E-state index contributed by atoms with van der Waals surface area (Å²) in [5.41, 5.74) is 2.10. The second kappa shape index (κ2) is 10.5. The van der Waals surface area contributed by atoms with Crippen molar-refractivity contribution in [1.82, 2.24) is 20.9 Å². The zero-order chi connectivity index (χ0) is 19.6. The minimum absolute atomic E-state index is 0.0973. The van der Waals surface area contributed by atoms with Gasteiger partial charge in [-0.05, 0) is 31.5 Å². The number of nitrogens with one attached hydrogen (secondary N) is 3. The number of hydrogen-bond donors (Lipinski definition) is 3. The van der Waals surface area contributed by atoms with Crippen molar-refractivity contribution in [2.75, 3.05) is 27.2 Å². The summed E-state index contributed by atoms with van der Waals surface area (Å²) in [6.45, 7) is 5.44. The average molecular weight is 390 g/mol. The van der Waals surface area contributed by atoms with E-state index in [0.29, 0.717) is 19.0 Å². The van der Waals surface area contributed by atoms with Gasteiger partial charge in [-0.15, -0.1) is 11.3 Å². The van der Waals surface area contributed by atoms with Gasteiger partial charge >= 0.3 is 0 Å². The van der Waals surface area contributed by atoms with Crippen molar-refractivity contribution >= 4 is 23.2 Å². The molecule has 0 saturated heterocycles. The van der Waals surface area contributed by atoms with Crippen LogP contribution in [0.1, 0.15) is 21.1 Å². The van der Waals surface area contributed by atoms with Crippen LogP contribution in [0, 0.1) is 13.8 Å². The van der Waals surface area contributed by atoms with Gasteiger partial charge in [0.05, 0.1) is 24.4 Å². The molecule has 7 nitrogen and oxygen atoms in total. The molecule has 0 spiro atoms. The summed E-state index contributed by atoms with van der Waals surface area (Å²) in [5, 5.41) is 10.2. The fraction of sp³-hybridized carbons (Fsp3) is 0.421. The maximum atomic E-state index is 12.0. The van der Waals surface area contributed by atoms with Crippen LogP contribution in [0.4, 0.5) is 0 Å². The molecular weight excluding hydrogens is 362 g/mol. The molecule has 1 aromatic heterocycles. The summed E-state index contributed by atoms with van der Waals surface area (Å²) in [5.74, 6) is 1.30. The molecule has 0 atom stereocenters. The molecule has 0 bridgehead atoms. The molecular formula is C19H27N5O2S. The number of carbonyl (C=O) groups excluding carboxylic acids is 1. The summed E-state index contributed by atoms with van der Waals surface area (Å²) in [6, 6.07) is 7.60. The van der Waals surface area contributed by atoms with Crippen LogP contribution in [-0.4, -0.2) is 44.1 Å². The quantitative estimate of drug-likeness (QED) is 0.473. The topological polar surface area (TPSA) is 87.6 Å². The highest BCUT2D eigenvalue weighted by atomic mass is 32.1. The molecule has 0 aliphatic rings. The zero-order valence-corrected chi connectivity index (χ0v) is 17.1. The summed E-state index contributed by atoms with van der Waals surface area (Å²) >= 11 is 1.72. The van der Waals surface area contributed by atoms with Crippen molar-refractivity contribution in [3.63, 3.8) is 0 Å². The number of ether oxygens (including phenoxy) is 1. The Morgan fingerprint density at radius 1 is 1.19 bits per heavy atom. The molecule has 1 amide bonds. The van der Waals surface area contributed by atoms with E-state index in [0.717, 1.165) is 28.4 Å². The third-order valence-corrected chi connectivity index (χ3v) is 5.13. The lowest BCUT2D eigenvalue weighted by Gasteiger charge is -2.11. The van der Waals surface area contributed by atoms with E-state index in [-0.39, 0.29) is 12.5 Å². The Morgan fingerprint density at radius 3 is 2.52 bits per heavy atom. The molecule has 8 heteroatoms. The van der Waals surface area contributed by atoms with E-state index < -0.39 is 0 Å². The number of hydrogen-bond acceptors (Lipinski definition) is 5. The van der Waals surface area contributed by atoms with Gasteiger partial charge in [-0.25, -0.2) is 4.98 Å². The van der Waals surface area contributed by atoms with E-state index in [2.05, 4.69) is 32.9 Å². The SMILES string of the molecule is CN=C(NCCc1nc(C)c(C)s1)NCC(=O)NCc1ccc(OC)cc1. The van der Waals surface area contributed by atoms with Crippen molar-refractivity contribution in [3.05, 3.63) is 45.4 Å². The molecule has 3 N–H and O–H groups in total. The van der Waals surface area contributed by atoms with Crippen molar-refractivity contribution in [3.8, 4) is 5.75 Å². The number of carbonyl (C=O) groups is 1. The molecule has 0 radical (unpaired) electrons. The van der Waals surface area contributed by atoms with Crippen molar-refractivity contribution < 1.29 is 9.53 Å². The molecule has 0 unspecified atom stereocenters. The zero-order valence-electron chi connectivity index (χ0n) is 16.3. The van der Waals surface area contributed by atoms with Gasteiger partial charge < -0.3 is 20.7 Å². The van der Waals surface area contributed by atoms with Gasteiger partial charge in [0.15, 0.2) is 5.96 Å². The largest absolute Gasteiger partial charge is 0.497 e. The molecule has 1 aromatic carbocycles. The minimum atomic E-state index is -0.0973. The average Bonchev–Trinajstić information content (AvgIpc) is 3.00. The van der Waals surface area contributed by atoms with Crippen LogP contribution in [0.3, 0.4) is 0 Å². The van der Waals surface area contributed by atoms with Crippen LogP contribution in [0.25, 0.3) is 0 Å². The van der Waals surface area contributed by atoms with Crippen molar-refractivity contribution in [2.45, 2.75) is 26.8 Å². The van der Waals surface area contributed by atoms with E-state index in [1.807, 2.05) is 31.2 Å². The van der Waals surface area contributed by atoms with E-state index in [4.69, 9.17) is 4.74 Å². The lowest BCUT2D eigenvalue weighted by atomic mass is 10.2. The first-order chi connectivity index (χ1) is 13.0. The Hall–Kier alpha value is -2.61. The molecule has 0 fully saturated rings. The van der Waals surface area contributed by atoms with Crippen LogP contribution in [0.2, 0.25) is 0 Å². The first-order valence-corrected chi connectivity index (χ1v) is 9.60. The number of guanidine groups is 1. The van der Waals surface area contributed by atoms with E-state index >= 15 is 0 Å². The number of aromatic nitrogens is 1. The van der Waals surface area contributed by atoms with Gasteiger partial charge in [-0.3, -0.25) is 9.79 Å². The van der Waals surface area contributed by atoms with Crippen LogP contribution >= 0.6 is 11.3 Å². The Kier molecular flexibility index (Phi) is 8.06. The van der Waals surface area contributed by atoms with Gasteiger partial charge in [0.25, 0.3) is 0 Å². The number of nitrogens with zero attached hydrogens (tertiary/aromatic N) is 2. The smallest absolute Gasteiger partial charge is 0.239 e. The maximum Gasteiger partial charge on any atom is 0.239 e. The number of thiazole rings is 1. The molecule has 2 aromatic rings. The van der Waals surface area contributed by atoms with Crippen LogP contribution in [-0.2, 0) is 17.8 Å². The molecule has 0 aliphatic heterocycles. The van der Waals surface area contributed by atoms with Gasteiger partial charge in [0, 0.05) is 31.4 Å². The fourth-order valence-electron chi connectivity index (χ4n) is 2.33. The van der Waals surface area contributed by atoms with Gasteiger partial charge in [-0.1, -0.05) is 12.1 Å². The summed E-state index contributed by atoms with van der Waals surface area (Å²) < 4.78 is 5.12. The van der Waals surface area contributed by atoms with Crippen LogP contribution in [0.5, 0.6) is 5.75 Å². The van der Waals surface area contributed by atoms with E-state index in [1.165, 1.54) is 4.88 Å². The lowest BCUT2D eigenvalue weighted by molar-refractivity contribution is -0.120. The van der Waals surface area contributed by atoms with Gasteiger partial charge in [-0.2, -0.15) is 0 Å². The summed E-state index contributed by atoms with van der Waals surface area (Å²) in [7, 11) is 3.31. The second-order valence-electron chi connectivity index (χ2n) is 5.98. The Bertz CT molecular complexity index is 751.